The average molecular weight is 291 g/mol. The molecule has 0 radical (unpaired) electrons. The summed E-state index contributed by atoms with van der Waals surface area (Å²) in [6, 6.07) is 1.44. The van der Waals surface area contributed by atoms with Gasteiger partial charge in [-0.15, -0.1) is 0 Å². The second-order valence-electron chi connectivity index (χ2n) is 2.81. The van der Waals surface area contributed by atoms with Gasteiger partial charge < -0.3 is 10.2 Å². The van der Waals surface area contributed by atoms with Crippen LogP contribution in [0.15, 0.2) is 24.5 Å². The number of anilines is 1. The maximum Gasteiger partial charge on any atom is 0.419 e. The van der Waals surface area contributed by atoms with Crippen LogP contribution in [0.4, 0.5) is 5.69 Å². The first-order chi connectivity index (χ1) is 7.00. The number of hydrogen-bond acceptors (Lipinski definition) is 4. The van der Waals surface area contributed by atoms with E-state index in [1.54, 1.807) is 0 Å². The van der Waals surface area contributed by atoms with Gasteiger partial charge in [0.25, 0.3) is 0 Å². The van der Waals surface area contributed by atoms with Crippen molar-refractivity contribution in [2.75, 3.05) is 5.73 Å². The molecule has 15 heavy (non-hydrogen) atoms. The quantitative estimate of drug-likeness (QED) is 0.720. The van der Waals surface area contributed by atoms with E-state index in [4.69, 9.17) is 17.3 Å². The van der Waals surface area contributed by atoms with E-state index in [9.17, 15) is 9.59 Å². The van der Waals surface area contributed by atoms with Gasteiger partial charge in [-0.2, -0.15) is 0 Å². The van der Waals surface area contributed by atoms with E-state index in [1.807, 2.05) is 0 Å². The Morgan fingerprint density at radius 1 is 1.47 bits per heavy atom. The third kappa shape index (κ3) is 1.55. The van der Waals surface area contributed by atoms with Gasteiger partial charge in [-0.25, -0.2) is 9.59 Å². The number of nitrogens with one attached hydrogen (secondary N) is 1. The molecule has 5 nitrogen and oxygen atoms in total. The van der Waals surface area contributed by atoms with E-state index in [2.05, 4.69) is 25.3 Å². The number of aromatic amines is 1. The first kappa shape index (κ1) is 10.3. The summed E-state index contributed by atoms with van der Waals surface area (Å²) in [5.41, 5.74) is 5.21. The van der Waals surface area contributed by atoms with E-state index < -0.39 is 11.4 Å². The fraction of sp³-hybridized carbons (Fsp3) is 0. The van der Waals surface area contributed by atoms with Crippen LogP contribution < -0.4 is 17.1 Å². The predicted molar refractivity (Wildman–Crippen MR) is 60.2 cm³/mol. The highest BCUT2D eigenvalue weighted by Crippen LogP contribution is 2.32. The van der Waals surface area contributed by atoms with Gasteiger partial charge in [-0.05, 0) is 22.0 Å². The minimum absolute atomic E-state index is 0.131. The first-order valence-electron chi connectivity index (χ1n) is 3.81. The maximum atomic E-state index is 11.3. The summed E-state index contributed by atoms with van der Waals surface area (Å²) in [5, 5.41) is 0.409. The summed E-state index contributed by atoms with van der Waals surface area (Å²) < 4.78 is 4.82. The Labute approximate surface area is 96.0 Å². The fourth-order valence-corrected chi connectivity index (χ4v) is 1.80. The van der Waals surface area contributed by atoms with Gasteiger partial charge in [0.15, 0.2) is 0 Å². The molecule has 0 amide bonds. The van der Waals surface area contributed by atoms with Gasteiger partial charge in [-0.1, -0.05) is 11.6 Å². The molecule has 0 saturated carbocycles. The molecule has 0 aliphatic carbocycles. The van der Waals surface area contributed by atoms with Crippen molar-refractivity contribution in [3.05, 3.63) is 36.5 Å². The molecule has 3 N–H and O–H groups in total. The molecular weight excluding hydrogens is 287 g/mol. The van der Waals surface area contributed by atoms with E-state index >= 15 is 0 Å². The molecule has 0 spiro atoms. The number of benzene rings is 1. The van der Waals surface area contributed by atoms with Crippen LogP contribution in [0.25, 0.3) is 10.9 Å². The van der Waals surface area contributed by atoms with Crippen molar-refractivity contribution in [3.8, 4) is 0 Å². The Bertz CT molecular complexity index is 661. The van der Waals surface area contributed by atoms with E-state index in [-0.39, 0.29) is 21.6 Å². The topological polar surface area (TPSA) is 89.1 Å². The Balaban J connectivity index is 3.12. The van der Waals surface area contributed by atoms with Crippen molar-refractivity contribution >= 4 is 44.1 Å². The number of H-pyrrole nitrogens is 1. The van der Waals surface area contributed by atoms with Gasteiger partial charge in [0.05, 0.1) is 21.6 Å². The third-order valence-electron chi connectivity index (χ3n) is 1.89. The lowest BCUT2D eigenvalue weighted by molar-refractivity contribution is 0.460. The van der Waals surface area contributed by atoms with Gasteiger partial charge in [-0.3, -0.25) is 4.98 Å². The summed E-state index contributed by atoms with van der Waals surface area (Å²) in [7, 11) is 0. The van der Waals surface area contributed by atoms with Crippen LogP contribution in [-0.2, 0) is 0 Å². The van der Waals surface area contributed by atoms with Crippen LogP contribution in [0.1, 0.15) is 0 Å². The molecule has 1 heterocycles. The Morgan fingerprint density at radius 2 is 2.13 bits per heavy atom. The number of fused-ring (bicyclic) bond motifs is 1. The molecule has 2 rings (SSSR count). The summed E-state index contributed by atoms with van der Waals surface area (Å²) >= 11 is 8.97. The summed E-state index contributed by atoms with van der Waals surface area (Å²) in [6.45, 7) is 0. The second-order valence-corrected chi connectivity index (χ2v) is 4.04. The predicted octanol–water partition coefficient (Wildman–Crippen LogP) is 1.48. The van der Waals surface area contributed by atoms with Crippen LogP contribution in [0.2, 0.25) is 5.02 Å². The molecule has 0 aliphatic rings. The van der Waals surface area contributed by atoms with Crippen LogP contribution in [-0.4, -0.2) is 4.98 Å². The molecule has 0 saturated heterocycles. The van der Waals surface area contributed by atoms with Crippen LogP contribution in [0.5, 0.6) is 0 Å². The Hall–Kier alpha value is -1.27. The van der Waals surface area contributed by atoms with Crippen LogP contribution >= 0.6 is 27.5 Å². The highest BCUT2D eigenvalue weighted by molar-refractivity contribution is 9.10. The minimum Gasteiger partial charge on any atom is -0.396 e. The molecule has 0 fully saturated rings. The zero-order chi connectivity index (χ0) is 11.2. The molecule has 7 heteroatoms. The van der Waals surface area contributed by atoms with Crippen molar-refractivity contribution in [2.24, 2.45) is 0 Å². The lowest BCUT2D eigenvalue weighted by atomic mass is 10.2. The zero-order valence-corrected chi connectivity index (χ0v) is 9.48. The molecule has 2 aromatic rings. The van der Waals surface area contributed by atoms with Gasteiger partial charge in [0.2, 0.25) is 0 Å². The molecule has 0 atom stereocenters. The molecule has 0 bridgehead atoms. The van der Waals surface area contributed by atoms with Gasteiger partial charge >= 0.3 is 11.4 Å². The van der Waals surface area contributed by atoms with Gasteiger partial charge in [0.1, 0.15) is 0 Å². The average Bonchev–Trinajstić information content (AvgIpc) is 2.17. The van der Waals surface area contributed by atoms with Crippen LogP contribution in [0, 0.1) is 0 Å². The van der Waals surface area contributed by atoms with Crippen molar-refractivity contribution in [1.82, 2.24) is 4.98 Å². The lowest BCUT2D eigenvalue weighted by Crippen LogP contribution is -2.15. The summed E-state index contributed by atoms with van der Waals surface area (Å²) in [5.74, 6) is -0.863. The smallest absolute Gasteiger partial charge is 0.396 e. The van der Waals surface area contributed by atoms with E-state index in [1.165, 1.54) is 6.07 Å². The van der Waals surface area contributed by atoms with Crippen molar-refractivity contribution in [1.29, 1.82) is 0 Å². The molecular formula is C8H4BrClN2O3. The zero-order valence-electron chi connectivity index (χ0n) is 7.14. The highest BCUT2D eigenvalue weighted by atomic mass is 79.9. The largest absolute Gasteiger partial charge is 0.419 e. The lowest BCUT2D eigenvalue weighted by Gasteiger charge is -2.04. The number of nitrogens with two attached hydrogens (primary N) is 1. The number of hydrogen-bond donors (Lipinski definition) is 2. The molecule has 1 aromatic heterocycles. The number of rotatable bonds is 0. The fourth-order valence-electron chi connectivity index (χ4n) is 1.21. The normalized spacial score (nSPS) is 10.8. The van der Waals surface area contributed by atoms with Crippen molar-refractivity contribution in [3.63, 3.8) is 0 Å². The standard InChI is InChI=1S/C8H4BrClN2O3/c9-3-1-2-6(5(11)4(3)10)12-8(14)15-7(2)13/h1H,11H2,(H,12,14). The molecule has 0 unspecified atom stereocenters. The molecule has 0 aliphatic heterocycles. The second kappa shape index (κ2) is 3.39. The Morgan fingerprint density at radius 3 is 2.80 bits per heavy atom. The Kier molecular flexibility index (Phi) is 2.32. The van der Waals surface area contributed by atoms with Gasteiger partial charge in [0, 0.05) is 4.47 Å². The molecule has 78 valence electrons. The highest BCUT2D eigenvalue weighted by Gasteiger charge is 2.11. The van der Waals surface area contributed by atoms with E-state index in [0.717, 1.165) is 0 Å². The van der Waals surface area contributed by atoms with E-state index in [0.29, 0.717) is 4.47 Å². The monoisotopic (exact) mass is 290 g/mol. The van der Waals surface area contributed by atoms with Crippen molar-refractivity contribution in [2.45, 2.75) is 0 Å². The summed E-state index contributed by atoms with van der Waals surface area (Å²) in [6.07, 6.45) is 0. The minimum atomic E-state index is -0.863. The van der Waals surface area contributed by atoms with Crippen LogP contribution in [0.3, 0.4) is 0 Å². The molecule has 1 aromatic carbocycles. The maximum absolute atomic E-state index is 11.3. The number of nitrogen functional groups attached to an aromatic ring is 1. The third-order valence-corrected chi connectivity index (χ3v) is 3.15. The SMILES string of the molecule is Nc1c(Cl)c(Br)cc2c(=O)oc(=O)[nH]c12. The number of aromatic nitrogens is 1. The number of halogens is 2. The van der Waals surface area contributed by atoms with Crippen molar-refractivity contribution < 1.29 is 4.42 Å². The first-order valence-corrected chi connectivity index (χ1v) is 4.98. The summed E-state index contributed by atoms with van der Waals surface area (Å²) in [4.78, 5) is 24.5.